The Kier molecular flexibility index (Phi) is 3.44. The monoisotopic (exact) mass is 289 g/mol. The van der Waals surface area contributed by atoms with Crippen molar-refractivity contribution in [2.24, 2.45) is 0 Å². The predicted octanol–water partition coefficient (Wildman–Crippen LogP) is 1.56. The Morgan fingerprint density at radius 1 is 1.38 bits per heavy atom. The molecule has 0 aliphatic heterocycles. The summed E-state index contributed by atoms with van der Waals surface area (Å²) in [6.07, 6.45) is 2.30. The van der Waals surface area contributed by atoms with Gasteiger partial charge in [-0.1, -0.05) is 0 Å². The van der Waals surface area contributed by atoms with E-state index in [0.29, 0.717) is 30.0 Å². The molecular formula is C13H15N5O3. The molecule has 0 aliphatic rings. The zero-order chi connectivity index (χ0) is 14.8. The summed E-state index contributed by atoms with van der Waals surface area (Å²) in [6, 6.07) is 1.89. The molecule has 8 heteroatoms. The maximum absolute atomic E-state index is 8.79. The number of pyridine rings is 1. The number of nitrogen functional groups attached to an aromatic ring is 1. The quantitative estimate of drug-likeness (QED) is 0.605. The fraction of sp³-hybridized carbons (Fsp3) is 0.308. The topological polar surface area (TPSA) is 123 Å². The third-order valence-electron chi connectivity index (χ3n) is 3.19. The first-order chi connectivity index (χ1) is 10.2. The van der Waals surface area contributed by atoms with Gasteiger partial charge in [-0.3, -0.25) is 0 Å². The highest BCUT2D eigenvalue weighted by Crippen LogP contribution is 2.34. The molecule has 0 bridgehead atoms. The Labute approximate surface area is 119 Å². The van der Waals surface area contributed by atoms with Gasteiger partial charge in [0.05, 0.1) is 6.20 Å². The number of hydrogen-bond donors (Lipinski definition) is 3. The molecule has 0 fully saturated rings. The van der Waals surface area contributed by atoms with Crippen molar-refractivity contribution in [2.45, 2.75) is 13.3 Å². The summed E-state index contributed by atoms with van der Waals surface area (Å²) in [6.45, 7) is 2.70. The van der Waals surface area contributed by atoms with Gasteiger partial charge in [-0.05, 0) is 29.7 Å². The summed E-state index contributed by atoms with van der Waals surface area (Å²) < 4.78 is 10.3. The molecule has 0 amide bonds. The van der Waals surface area contributed by atoms with Gasteiger partial charge in [-0.25, -0.2) is 9.61 Å². The van der Waals surface area contributed by atoms with Crippen molar-refractivity contribution in [3.05, 3.63) is 17.8 Å². The van der Waals surface area contributed by atoms with Gasteiger partial charge in [0.15, 0.2) is 22.9 Å². The van der Waals surface area contributed by atoms with Crippen molar-refractivity contribution in [1.82, 2.24) is 15.3 Å². The standard InChI is InChI=1S/C13H15N5O3/c1-7-8-5-10(15-3-2-4-19)16-6-9(8)20-12(7)11-13(14)18-21-17-11/h5-6,19H,2-4H2,1H3,(H2,14,18)(H,15,16). The van der Waals surface area contributed by atoms with Crippen LogP contribution in [0.2, 0.25) is 0 Å². The van der Waals surface area contributed by atoms with Crippen LogP contribution in [0.3, 0.4) is 0 Å². The average Bonchev–Trinajstić information content (AvgIpc) is 3.03. The second-order valence-corrected chi connectivity index (χ2v) is 4.62. The van der Waals surface area contributed by atoms with E-state index in [0.717, 1.165) is 16.8 Å². The largest absolute Gasteiger partial charge is 0.452 e. The fourth-order valence-electron chi connectivity index (χ4n) is 2.10. The molecule has 3 aromatic heterocycles. The molecule has 3 heterocycles. The minimum atomic E-state index is 0.141. The fourth-order valence-corrected chi connectivity index (χ4v) is 2.10. The van der Waals surface area contributed by atoms with Crippen LogP contribution in [0.15, 0.2) is 21.3 Å². The number of rotatable bonds is 5. The SMILES string of the molecule is Cc1c(-c2nonc2N)oc2cnc(NCCCO)cc12. The first-order valence-electron chi connectivity index (χ1n) is 6.53. The van der Waals surface area contributed by atoms with Gasteiger partial charge >= 0.3 is 0 Å². The molecule has 0 spiro atoms. The number of hydrogen-bond acceptors (Lipinski definition) is 8. The van der Waals surface area contributed by atoms with E-state index in [-0.39, 0.29) is 12.4 Å². The number of aromatic nitrogens is 3. The van der Waals surface area contributed by atoms with Gasteiger partial charge in [-0.15, -0.1) is 0 Å². The van der Waals surface area contributed by atoms with Crippen LogP contribution in [-0.4, -0.2) is 33.6 Å². The van der Waals surface area contributed by atoms with Crippen LogP contribution in [0.25, 0.3) is 22.4 Å². The second kappa shape index (κ2) is 5.41. The first-order valence-corrected chi connectivity index (χ1v) is 6.53. The summed E-state index contributed by atoms with van der Waals surface area (Å²) in [5.74, 6) is 1.43. The number of anilines is 2. The van der Waals surface area contributed by atoms with Crippen molar-refractivity contribution in [3.8, 4) is 11.5 Å². The summed E-state index contributed by atoms with van der Waals surface area (Å²) in [5.41, 5.74) is 7.61. The van der Waals surface area contributed by atoms with Crippen molar-refractivity contribution < 1.29 is 14.2 Å². The Hall–Kier alpha value is -2.61. The minimum Gasteiger partial charge on any atom is -0.452 e. The molecule has 0 aliphatic carbocycles. The van der Waals surface area contributed by atoms with Crippen molar-refractivity contribution in [3.63, 3.8) is 0 Å². The third-order valence-corrected chi connectivity index (χ3v) is 3.19. The number of nitrogens with one attached hydrogen (secondary N) is 1. The highest BCUT2D eigenvalue weighted by atomic mass is 16.6. The second-order valence-electron chi connectivity index (χ2n) is 4.62. The molecule has 0 atom stereocenters. The molecule has 4 N–H and O–H groups in total. The van der Waals surface area contributed by atoms with Crippen LogP contribution in [0.5, 0.6) is 0 Å². The van der Waals surface area contributed by atoms with Crippen molar-refractivity contribution >= 4 is 22.6 Å². The van der Waals surface area contributed by atoms with E-state index in [4.69, 9.17) is 15.3 Å². The van der Waals surface area contributed by atoms with Crippen LogP contribution >= 0.6 is 0 Å². The van der Waals surface area contributed by atoms with E-state index in [1.807, 2.05) is 13.0 Å². The van der Waals surface area contributed by atoms with Gasteiger partial charge in [0.2, 0.25) is 0 Å². The van der Waals surface area contributed by atoms with E-state index >= 15 is 0 Å². The Morgan fingerprint density at radius 3 is 2.95 bits per heavy atom. The Balaban J connectivity index is 1.99. The van der Waals surface area contributed by atoms with Gasteiger partial charge in [0.1, 0.15) is 5.82 Å². The normalized spacial score (nSPS) is 11.1. The van der Waals surface area contributed by atoms with Crippen LogP contribution in [-0.2, 0) is 0 Å². The van der Waals surface area contributed by atoms with Crippen LogP contribution in [0.4, 0.5) is 11.6 Å². The number of nitrogens with two attached hydrogens (primary N) is 1. The molecule has 3 aromatic rings. The molecule has 0 unspecified atom stereocenters. The number of furan rings is 1. The zero-order valence-electron chi connectivity index (χ0n) is 11.5. The van der Waals surface area contributed by atoms with Crippen LogP contribution in [0.1, 0.15) is 12.0 Å². The number of aryl methyl sites for hydroxylation is 1. The van der Waals surface area contributed by atoms with E-state index in [1.54, 1.807) is 6.20 Å². The number of fused-ring (bicyclic) bond motifs is 1. The van der Waals surface area contributed by atoms with Crippen molar-refractivity contribution in [1.29, 1.82) is 0 Å². The maximum Gasteiger partial charge on any atom is 0.199 e. The molecule has 21 heavy (non-hydrogen) atoms. The molecule has 0 radical (unpaired) electrons. The van der Waals surface area contributed by atoms with E-state index in [1.165, 1.54) is 0 Å². The highest BCUT2D eigenvalue weighted by molar-refractivity contribution is 5.89. The predicted molar refractivity (Wildman–Crippen MR) is 76.6 cm³/mol. The number of nitrogens with zero attached hydrogens (tertiary/aromatic N) is 3. The van der Waals surface area contributed by atoms with Gasteiger partial charge < -0.3 is 20.6 Å². The Morgan fingerprint density at radius 2 is 2.24 bits per heavy atom. The van der Waals surface area contributed by atoms with E-state index < -0.39 is 0 Å². The van der Waals surface area contributed by atoms with Crippen molar-refractivity contribution in [2.75, 3.05) is 24.2 Å². The molecular weight excluding hydrogens is 274 g/mol. The van der Waals surface area contributed by atoms with Crippen LogP contribution in [0, 0.1) is 6.92 Å². The lowest BCUT2D eigenvalue weighted by Crippen LogP contribution is -2.04. The lowest BCUT2D eigenvalue weighted by atomic mass is 10.1. The lowest BCUT2D eigenvalue weighted by Gasteiger charge is -2.03. The summed E-state index contributed by atoms with van der Waals surface area (Å²) in [7, 11) is 0. The summed E-state index contributed by atoms with van der Waals surface area (Å²) in [4.78, 5) is 4.26. The third kappa shape index (κ3) is 2.40. The first kappa shape index (κ1) is 13.4. The molecule has 0 saturated carbocycles. The van der Waals surface area contributed by atoms with E-state index in [9.17, 15) is 0 Å². The smallest absolute Gasteiger partial charge is 0.199 e. The zero-order valence-corrected chi connectivity index (χ0v) is 11.5. The summed E-state index contributed by atoms with van der Waals surface area (Å²) in [5, 5.41) is 20.1. The van der Waals surface area contributed by atoms with Gasteiger partial charge in [0, 0.05) is 24.1 Å². The maximum atomic E-state index is 8.79. The average molecular weight is 289 g/mol. The lowest BCUT2D eigenvalue weighted by molar-refractivity contribution is 0.292. The molecule has 8 nitrogen and oxygen atoms in total. The Bertz CT molecular complexity index is 764. The minimum absolute atomic E-state index is 0.141. The van der Waals surface area contributed by atoms with Gasteiger partial charge in [0.25, 0.3) is 0 Å². The van der Waals surface area contributed by atoms with Crippen LogP contribution < -0.4 is 11.1 Å². The number of aliphatic hydroxyl groups is 1. The van der Waals surface area contributed by atoms with Gasteiger partial charge in [-0.2, -0.15) is 0 Å². The molecule has 110 valence electrons. The summed E-state index contributed by atoms with van der Waals surface area (Å²) >= 11 is 0. The molecule has 3 rings (SSSR count). The molecule has 0 saturated heterocycles. The molecule has 0 aromatic carbocycles. The number of aliphatic hydroxyl groups excluding tert-OH is 1. The van der Waals surface area contributed by atoms with E-state index in [2.05, 4.69) is 25.2 Å². The highest BCUT2D eigenvalue weighted by Gasteiger charge is 2.19.